The van der Waals surface area contributed by atoms with Gasteiger partial charge in [-0.1, -0.05) is 91.2 Å². The maximum Gasteiger partial charge on any atom is 0.0724 e. The van der Waals surface area contributed by atoms with Gasteiger partial charge in [-0.05, 0) is 35.8 Å². The number of hydrogen-bond donors (Lipinski definition) is 0. The molecule has 0 heterocycles. The van der Waals surface area contributed by atoms with E-state index in [9.17, 15) is 19.8 Å². The van der Waals surface area contributed by atoms with Crippen LogP contribution in [0.1, 0.15) is 136 Å². The summed E-state index contributed by atoms with van der Waals surface area (Å²) in [5.74, 6) is -2.73. The fourth-order valence-corrected chi connectivity index (χ4v) is 4.04. The summed E-state index contributed by atoms with van der Waals surface area (Å²) in [4.78, 5) is 23.4. The van der Waals surface area contributed by atoms with Crippen molar-refractivity contribution in [2.45, 2.75) is 104 Å². The molecular formula is C24H36O4-2. The summed E-state index contributed by atoms with van der Waals surface area (Å²) in [6.45, 7) is 8.43. The van der Waals surface area contributed by atoms with Gasteiger partial charge in [0.05, 0.1) is 11.9 Å². The summed E-state index contributed by atoms with van der Waals surface area (Å²) in [5.41, 5.74) is 1.14. The topological polar surface area (TPSA) is 80.3 Å². The van der Waals surface area contributed by atoms with Gasteiger partial charge < -0.3 is 19.8 Å². The second kappa shape index (κ2) is 12.6. The predicted octanol–water partition coefficient (Wildman–Crippen LogP) is 4.56. The minimum Gasteiger partial charge on any atom is -0.545 e. The molecular weight excluding hydrogens is 352 g/mol. The SMILES string of the molecule is CCCCCCC(C)c1ccc(C(=O)[O-])c(C(=O)[O-])c1C(C)CCCCCC. The molecule has 0 spiro atoms. The largest absolute Gasteiger partial charge is 0.545 e. The van der Waals surface area contributed by atoms with E-state index in [-0.39, 0.29) is 23.0 Å². The van der Waals surface area contributed by atoms with Gasteiger partial charge in [-0.25, -0.2) is 0 Å². The third kappa shape index (κ3) is 6.96. The number of hydrogen-bond acceptors (Lipinski definition) is 4. The Labute approximate surface area is 170 Å². The zero-order chi connectivity index (χ0) is 21.1. The molecule has 2 atom stereocenters. The van der Waals surface area contributed by atoms with Crippen LogP contribution >= 0.6 is 0 Å². The van der Waals surface area contributed by atoms with E-state index < -0.39 is 11.9 Å². The number of unbranched alkanes of at least 4 members (excludes halogenated alkanes) is 6. The second-order valence-corrected chi connectivity index (χ2v) is 8.07. The highest BCUT2D eigenvalue weighted by Crippen LogP contribution is 2.36. The Morgan fingerprint density at radius 1 is 0.786 bits per heavy atom. The lowest BCUT2D eigenvalue weighted by molar-refractivity contribution is -0.259. The summed E-state index contributed by atoms with van der Waals surface area (Å²) < 4.78 is 0. The van der Waals surface area contributed by atoms with Crippen LogP contribution in [0.4, 0.5) is 0 Å². The quantitative estimate of drug-likeness (QED) is 0.438. The zero-order valence-corrected chi connectivity index (χ0v) is 18.0. The van der Waals surface area contributed by atoms with E-state index in [1.165, 1.54) is 18.9 Å². The van der Waals surface area contributed by atoms with Gasteiger partial charge in [0.25, 0.3) is 0 Å². The summed E-state index contributed by atoms with van der Waals surface area (Å²) in [7, 11) is 0. The summed E-state index contributed by atoms with van der Waals surface area (Å²) in [6.07, 6.45) is 10.8. The van der Waals surface area contributed by atoms with E-state index in [0.29, 0.717) is 5.56 Å². The molecule has 1 rings (SSSR count). The van der Waals surface area contributed by atoms with Crippen molar-refractivity contribution in [2.75, 3.05) is 0 Å². The van der Waals surface area contributed by atoms with Gasteiger partial charge in [0.1, 0.15) is 0 Å². The highest BCUT2D eigenvalue weighted by molar-refractivity contribution is 6.01. The normalized spacial score (nSPS) is 13.3. The van der Waals surface area contributed by atoms with E-state index in [0.717, 1.165) is 56.9 Å². The fraction of sp³-hybridized carbons (Fsp3) is 0.667. The van der Waals surface area contributed by atoms with Crippen molar-refractivity contribution in [3.63, 3.8) is 0 Å². The van der Waals surface area contributed by atoms with Crippen molar-refractivity contribution in [1.29, 1.82) is 0 Å². The molecule has 4 heteroatoms. The van der Waals surface area contributed by atoms with Gasteiger partial charge in [-0.15, -0.1) is 0 Å². The minimum atomic E-state index is -1.46. The third-order valence-corrected chi connectivity index (χ3v) is 5.71. The molecule has 0 saturated carbocycles. The van der Waals surface area contributed by atoms with Crippen LogP contribution in [-0.4, -0.2) is 11.9 Å². The van der Waals surface area contributed by atoms with E-state index in [1.54, 1.807) is 6.07 Å². The average molecular weight is 389 g/mol. The molecule has 0 aliphatic rings. The van der Waals surface area contributed by atoms with Gasteiger partial charge in [0.2, 0.25) is 0 Å². The number of carboxylic acid groups (broad SMARTS) is 2. The molecule has 0 bridgehead atoms. The van der Waals surface area contributed by atoms with Crippen molar-refractivity contribution in [2.24, 2.45) is 0 Å². The van der Waals surface area contributed by atoms with Crippen LogP contribution in [-0.2, 0) is 0 Å². The lowest BCUT2D eigenvalue weighted by Crippen LogP contribution is -2.32. The Kier molecular flexibility index (Phi) is 10.9. The van der Waals surface area contributed by atoms with E-state index >= 15 is 0 Å². The molecule has 0 N–H and O–H groups in total. The van der Waals surface area contributed by atoms with Gasteiger partial charge in [-0.3, -0.25) is 0 Å². The Bertz CT molecular complexity index is 636. The molecule has 28 heavy (non-hydrogen) atoms. The van der Waals surface area contributed by atoms with Crippen LogP contribution in [0.2, 0.25) is 0 Å². The molecule has 0 fully saturated rings. The summed E-state index contributed by atoms with van der Waals surface area (Å²) in [6, 6.07) is 3.17. The van der Waals surface area contributed by atoms with Crippen molar-refractivity contribution >= 4 is 11.9 Å². The smallest absolute Gasteiger partial charge is 0.0724 e. The number of rotatable bonds is 14. The number of carbonyl (C=O) groups is 2. The number of carboxylic acids is 2. The Hall–Kier alpha value is -1.84. The molecule has 1 aromatic rings. The predicted molar refractivity (Wildman–Crippen MR) is 109 cm³/mol. The Morgan fingerprint density at radius 3 is 1.79 bits per heavy atom. The van der Waals surface area contributed by atoms with Crippen molar-refractivity contribution in [3.05, 3.63) is 34.4 Å². The first-order valence-corrected chi connectivity index (χ1v) is 10.9. The molecule has 0 amide bonds. The maximum absolute atomic E-state index is 11.9. The summed E-state index contributed by atoms with van der Waals surface area (Å²) >= 11 is 0. The minimum absolute atomic E-state index is 0.0304. The summed E-state index contributed by atoms with van der Waals surface area (Å²) in [5, 5.41) is 23.4. The fourth-order valence-electron chi connectivity index (χ4n) is 4.04. The standard InChI is InChI=1S/C24H38O4/c1-5-7-9-11-13-17(3)19-15-16-20(23(25)26)22(24(27)28)21(19)18(4)14-12-10-8-6-2/h15-18H,5-14H2,1-4H3,(H,25,26)(H,27,28)/p-2. The highest BCUT2D eigenvalue weighted by Gasteiger charge is 2.22. The number of carbonyl (C=O) groups excluding carboxylic acids is 2. The molecule has 0 radical (unpaired) electrons. The van der Waals surface area contributed by atoms with E-state index in [2.05, 4.69) is 20.8 Å². The van der Waals surface area contributed by atoms with Gasteiger partial charge >= 0.3 is 0 Å². The van der Waals surface area contributed by atoms with Crippen LogP contribution in [0, 0.1) is 0 Å². The second-order valence-electron chi connectivity index (χ2n) is 8.07. The first-order valence-electron chi connectivity index (χ1n) is 10.9. The monoisotopic (exact) mass is 388 g/mol. The lowest BCUT2D eigenvalue weighted by atomic mass is 9.80. The first kappa shape index (κ1) is 24.2. The van der Waals surface area contributed by atoms with Crippen molar-refractivity contribution in [3.8, 4) is 0 Å². The van der Waals surface area contributed by atoms with Gasteiger partial charge in [0.15, 0.2) is 0 Å². The highest BCUT2D eigenvalue weighted by atomic mass is 16.4. The maximum atomic E-state index is 11.9. The van der Waals surface area contributed by atoms with E-state index in [1.807, 2.05) is 6.92 Å². The Balaban J connectivity index is 3.24. The van der Waals surface area contributed by atoms with Crippen molar-refractivity contribution < 1.29 is 19.8 Å². The molecule has 0 aliphatic carbocycles. The molecule has 0 saturated heterocycles. The van der Waals surface area contributed by atoms with Crippen LogP contribution in [0.25, 0.3) is 0 Å². The molecule has 1 aromatic carbocycles. The molecule has 2 unspecified atom stereocenters. The molecule has 0 aliphatic heterocycles. The third-order valence-electron chi connectivity index (χ3n) is 5.71. The van der Waals surface area contributed by atoms with Crippen LogP contribution < -0.4 is 10.2 Å². The van der Waals surface area contributed by atoms with E-state index in [4.69, 9.17) is 0 Å². The van der Waals surface area contributed by atoms with Gasteiger partial charge in [-0.2, -0.15) is 0 Å². The zero-order valence-electron chi connectivity index (χ0n) is 18.0. The van der Waals surface area contributed by atoms with Crippen LogP contribution in [0.15, 0.2) is 12.1 Å². The van der Waals surface area contributed by atoms with Crippen molar-refractivity contribution in [1.82, 2.24) is 0 Å². The first-order chi connectivity index (χ1) is 13.3. The number of aromatic carboxylic acids is 2. The number of benzene rings is 1. The lowest BCUT2D eigenvalue weighted by Gasteiger charge is -2.27. The van der Waals surface area contributed by atoms with Crippen LogP contribution in [0.5, 0.6) is 0 Å². The van der Waals surface area contributed by atoms with Crippen LogP contribution in [0.3, 0.4) is 0 Å². The molecule has 4 nitrogen and oxygen atoms in total. The average Bonchev–Trinajstić information content (AvgIpc) is 2.66. The molecule has 158 valence electrons. The van der Waals surface area contributed by atoms with Gasteiger partial charge in [0, 0.05) is 11.1 Å². The Morgan fingerprint density at radius 2 is 1.32 bits per heavy atom. The molecule has 0 aromatic heterocycles.